The lowest BCUT2D eigenvalue weighted by atomic mass is 10.2. The summed E-state index contributed by atoms with van der Waals surface area (Å²) in [4.78, 5) is 10.8. The van der Waals surface area contributed by atoms with Gasteiger partial charge in [0.25, 0.3) is 0 Å². The Labute approximate surface area is 131 Å². The van der Waals surface area contributed by atoms with Gasteiger partial charge in [0.1, 0.15) is 12.4 Å². The summed E-state index contributed by atoms with van der Waals surface area (Å²) in [7, 11) is 1.43. The minimum Gasteiger partial charge on any atom is -0.493 e. The van der Waals surface area contributed by atoms with Gasteiger partial charge in [-0.1, -0.05) is 29.3 Å². The van der Waals surface area contributed by atoms with Crippen LogP contribution in [0.3, 0.4) is 0 Å². The maximum Gasteiger partial charge on any atom is 0.163 e. The predicted octanol–water partition coefficient (Wildman–Crippen LogP) is 4.53. The van der Waals surface area contributed by atoms with Crippen LogP contribution in [0.15, 0.2) is 30.3 Å². The van der Waals surface area contributed by atoms with Gasteiger partial charge >= 0.3 is 0 Å². The second kappa shape index (κ2) is 6.78. The first kappa shape index (κ1) is 15.6. The molecule has 0 heterocycles. The van der Waals surface area contributed by atoms with Crippen LogP contribution in [0, 0.1) is 5.82 Å². The molecule has 0 fully saturated rings. The van der Waals surface area contributed by atoms with Crippen LogP contribution in [0.25, 0.3) is 0 Å². The molecule has 0 unspecified atom stereocenters. The minimum absolute atomic E-state index is 0.0847. The molecular formula is C15H11Cl2FO3. The lowest BCUT2D eigenvalue weighted by Gasteiger charge is -2.13. The van der Waals surface area contributed by atoms with Gasteiger partial charge in [-0.05, 0) is 18.2 Å². The molecular weight excluding hydrogens is 318 g/mol. The highest BCUT2D eigenvalue weighted by molar-refractivity contribution is 6.33. The zero-order chi connectivity index (χ0) is 15.4. The number of carbonyl (C=O) groups is 1. The highest BCUT2D eigenvalue weighted by atomic mass is 35.5. The van der Waals surface area contributed by atoms with E-state index >= 15 is 0 Å². The second-order valence-corrected chi connectivity index (χ2v) is 4.95. The molecule has 2 aromatic rings. The smallest absolute Gasteiger partial charge is 0.163 e. The van der Waals surface area contributed by atoms with Gasteiger partial charge in [-0.3, -0.25) is 4.79 Å². The molecule has 0 aliphatic rings. The van der Waals surface area contributed by atoms with Crippen LogP contribution in [0.2, 0.25) is 10.0 Å². The van der Waals surface area contributed by atoms with Gasteiger partial charge in [0.2, 0.25) is 0 Å². The zero-order valence-corrected chi connectivity index (χ0v) is 12.5. The van der Waals surface area contributed by atoms with Gasteiger partial charge in [0.05, 0.1) is 17.2 Å². The molecule has 110 valence electrons. The minimum atomic E-state index is -0.461. The maximum absolute atomic E-state index is 13.7. The zero-order valence-electron chi connectivity index (χ0n) is 11.0. The number of hydrogen-bond acceptors (Lipinski definition) is 3. The first-order valence-corrected chi connectivity index (χ1v) is 6.70. The summed E-state index contributed by atoms with van der Waals surface area (Å²) >= 11 is 11.9. The van der Waals surface area contributed by atoms with Crippen LogP contribution in [0.4, 0.5) is 4.39 Å². The summed E-state index contributed by atoms with van der Waals surface area (Å²) in [6.45, 7) is -0.0847. The predicted molar refractivity (Wildman–Crippen MR) is 79.1 cm³/mol. The molecule has 0 aliphatic carbocycles. The number of methoxy groups -OCH3 is 1. The van der Waals surface area contributed by atoms with Crippen molar-refractivity contribution in [2.45, 2.75) is 6.61 Å². The van der Waals surface area contributed by atoms with E-state index in [0.717, 1.165) is 0 Å². The van der Waals surface area contributed by atoms with Crippen LogP contribution < -0.4 is 9.47 Å². The van der Waals surface area contributed by atoms with Crippen LogP contribution in [-0.4, -0.2) is 13.4 Å². The van der Waals surface area contributed by atoms with E-state index in [1.165, 1.54) is 31.4 Å². The molecule has 0 radical (unpaired) electrons. The van der Waals surface area contributed by atoms with E-state index in [1.54, 1.807) is 6.07 Å². The lowest BCUT2D eigenvalue weighted by Crippen LogP contribution is -2.01. The Kier molecular flexibility index (Phi) is 5.04. The molecule has 0 N–H and O–H groups in total. The van der Waals surface area contributed by atoms with Gasteiger partial charge in [-0.25, -0.2) is 4.39 Å². The largest absolute Gasteiger partial charge is 0.493 e. The molecule has 0 bridgehead atoms. The third kappa shape index (κ3) is 3.46. The van der Waals surface area contributed by atoms with Gasteiger partial charge in [-0.15, -0.1) is 0 Å². The first-order valence-electron chi connectivity index (χ1n) is 5.95. The molecule has 2 aromatic carbocycles. The standard InChI is InChI=1S/C15H11Cl2FO3/c1-20-14-5-9(7-19)12(17)6-15(14)21-8-10-11(16)3-2-4-13(10)18/h2-7H,8H2,1H3. The van der Waals surface area contributed by atoms with Crippen molar-refractivity contribution in [1.29, 1.82) is 0 Å². The van der Waals surface area contributed by atoms with Crippen molar-refractivity contribution < 1.29 is 18.7 Å². The van der Waals surface area contributed by atoms with Crippen molar-refractivity contribution in [2.75, 3.05) is 7.11 Å². The Morgan fingerprint density at radius 1 is 1.19 bits per heavy atom. The van der Waals surface area contributed by atoms with Crippen LogP contribution >= 0.6 is 23.2 Å². The Bertz CT molecular complexity index is 654. The van der Waals surface area contributed by atoms with Crippen molar-refractivity contribution in [2.24, 2.45) is 0 Å². The molecule has 0 aromatic heterocycles. The van der Waals surface area contributed by atoms with E-state index in [0.29, 0.717) is 17.8 Å². The Balaban J connectivity index is 2.28. The van der Waals surface area contributed by atoms with E-state index in [1.807, 2.05) is 0 Å². The Morgan fingerprint density at radius 2 is 1.95 bits per heavy atom. The molecule has 0 amide bonds. The van der Waals surface area contributed by atoms with E-state index in [4.69, 9.17) is 32.7 Å². The van der Waals surface area contributed by atoms with Crippen molar-refractivity contribution >= 4 is 29.5 Å². The molecule has 21 heavy (non-hydrogen) atoms. The van der Waals surface area contributed by atoms with Gasteiger partial charge in [0, 0.05) is 17.2 Å². The molecule has 0 saturated heterocycles. The monoisotopic (exact) mass is 328 g/mol. The third-order valence-electron chi connectivity index (χ3n) is 2.84. The molecule has 3 nitrogen and oxygen atoms in total. The van der Waals surface area contributed by atoms with Crippen molar-refractivity contribution in [3.05, 3.63) is 57.3 Å². The van der Waals surface area contributed by atoms with Crippen molar-refractivity contribution in [3.8, 4) is 11.5 Å². The second-order valence-electron chi connectivity index (χ2n) is 4.13. The van der Waals surface area contributed by atoms with Gasteiger partial charge < -0.3 is 9.47 Å². The fraction of sp³-hybridized carbons (Fsp3) is 0.133. The number of carbonyl (C=O) groups excluding carboxylic acids is 1. The topological polar surface area (TPSA) is 35.5 Å². The average molecular weight is 329 g/mol. The Hall–Kier alpha value is -1.78. The molecule has 0 atom stereocenters. The summed E-state index contributed by atoms with van der Waals surface area (Å²) in [5.74, 6) is 0.165. The summed E-state index contributed by atoms with van der Waals surface area (Å²) < 4.78 is 24.3. The van der Waals surface area contributed by atoms with Crippen LogP contribution in [0.1, 0.15) is 15.9 Å². The van der Waals surface area contributed by atoms with Crippen LogP contribution in [-0.2, 0) is 6.61 Å². The van der Waals surface area contributed by atoms with Gasteiger partial charge in [0.15, 0.2) is 17.8 Å². The van der Waals surface area contributed by atoms with Gasteiger partial charge in [-0.2, -0.15) is 0 Å². The molecule has 0 aliphatic heterocycles. The highest BCUT2D eigenvalue weighted by Gasteiger charge is 2.13. The summed E-state index contributed by atoms with van der Waals surface area (Å²) in [6.07, 6.45) is 0.613. The van der Waals surface area contributed by atoms with Crippen molar-refractivity contribution in [3.63, 3.8) is 0 Å². The fourth-order valence-corrected chi connectivity index (χ4v) is 2.15. The number of ether oxygens (including phenoxy) is 2. The average Bonchev–Trinajstić information content (AvgIpc) is 2.47. The normalized spacial score (nSPS) is 10.3. The number of benzene rings is 2. The number of hydrogen-bond donors (Lipinski definition) is 0. The van der Waals surface area contributed by atoms with Crippen molar-refractivity contribution in [1.82, 2.24) is 0 Å². The van der Waals surface area contributed by atoms with E-state index in [9.17, 15) is 9.18 Å². The van der Waals surface area contributed by atoms with E-state index < -0.39 is 5.82 Å². The maximum atomic E-state index is 13.7. The summed E-state index contributed by atoms with van der Waals surface area (Å²) in [5, 5.41) is 0.491. The SMILES string of the molecule is COc1cc(C=O)c(Cl)cc1OCc1c(F)cccc1Cl. The molecule has 0 spiro atoms. The molecule has 0 saturated carbocycles. The highest BCUT2D eigenvalue weighted by Crippen LogP contribution is 2.33. The summed E-state index contributed by atoms with van der Waals surface area (Å²) in [5.41, 5.74) is 0.515. The molecule has 2 rings (SSSR count). The quantitative estimate of drug-likeness (QED) is 0.756. The van der Waals surface area contributed by atoms with E-state index in [-0.39, 0.29) is 27.8 Å². The number of rotatable bonds is 5. The third-order valence-corrected chi connectivity index (χ3v) is 3.53. The molecule has 6 heteroatoms. The Morgan fingerprint density at radius 3 is 2.57 bits per heavy atom. The first-order chi connectivity index (χ1) is 10.1. The summed E-state index contributed by atoms with van der Waals surface area (Å²) in [6, 6.07) is 7.28. The lowest BCUT2D eigenvalue weighted by molar-refractivity contribution is 0.112. The van der Waals surface area contributed by atoms with Crippen LogP contribution in [0.5, 0.6) is 11.5 Å². The number of aldehydes is 1. The van der Waals surface area contributed by atoms with E-state index in [2.05, 4.69) is 0 Å². The fourth-order valence-electron chi connectivity index (χ4n) is 1.73. The number of halogens is 3.